The Morgan fingerprint density at radius 1 is 1.14 bits per heavy atom. The van der Waals surface area contributed by atoms with Gasteiger partial charge in [-0.1, -0.05) is 0 Å². The molecule has 122 valence electrons. The summed E-state index contributed by atoms with van der Waals surface area (Å²) in [7, 11) is -1.45. The van der Waals surface area contributed by atoms with Gasteiger partial charge in [-0.05, 0) is 68.1 Å². The molecule has 0 radical (unpaired) electrons. The fourth-order valence-electron chi connectivity index (χ4n) is 5.59. The van der Waals surface area contributed by atoms with E-state index in [2.05, 4.69) is 0 Å². The molecule has 4 bridgehead atoms. The molecular weight excluding hydrogens is 286 g/mol. The van der Waals surface area contributed by atoms with E-state index >= 15 is 0 Å². The van der Waals surface area contributed by atoms with E-state index in [1.807, 2.05) is 0 Å². The van der Waals surface area contributed by atoms with Gasteiger partial charge in [-0.15, -0.1) is 0 Å². The highest BCUT2D eigenvalue weighted by Gasteiger charge is 2.53. The number of nitrogens with two attached hydrogens (primary N) is 1. The van der Waals surface area contributed by atoms with Crippen molar-refractivity contribution in [3.8, 4) is 0 Å². The van der Waals surface area contributed by atoms with Crippen LogP contribution in [0.4, 0.5) is 0 Å². The van der Waals surface area contributed by atoms with Gasteiger partial charge in [0.2, 0.25) is 0 Å². The fourth-order valence-corrected chi connectivity index (χ4v) is 7.21. The molecule has 4 aliphatic rings. The molecule has 0 spiro atoms. The lowest BCUT2D eigenvalue weighted by molar-refractivity contribution is -0.0632. The summed E-state index contributed by atoms with van der Waals surface area (Å²) >= 11 is 0. The quantitative estimate of drug-likeness (QED) is 0.729. The van der Waals surface area contributed by atoms with E-state index in [1.165, 1.54) is 38.5 Å². The van der Waals surface area contributed by atoms with Gasteiger partial charge in [-0.25, -0.2) is 8.42 Å². The minimum atomic E-state index is -3.05. The van der Waals surface area contributed by atoms with Crippen LogP contribution in [0.3, 0.4) is 0 Å². The summed E-state index contributed by atoms with van der Waals surface area (Å²) < 4.78 is 29.5. The molecule has 21 heavy (non-hydrogen) atoms. The van der Waals surface area contributed by atoms with Crippen LogP contribution in [-0.2, 0) is 14.6 Å². The van der Waals surface area contributed by atoms with Crippen molar-refractivity contribution in [2.75, 3.05) is 25.2 Å². The van der Waals surface area contributed by atoms with Crippen molar-refractivity contribution >= 4 is 9.84 Å². The first-order valence-electron chi connectivity index (χ1n) is 8.37. The Balaban J connectivity index is 1.64. The molecule has 1 atom stereocenters. The average molecular weight is 315 g/mol. The summed E-state index contributed by atoms with van der Waals surface area (Å²) in [4.78, 5) is 0. The van der Waals surface area contributed by atoms with Gasteiger partial charge in [0.25, 0.3) is 0 Å². The van der Waals surface area contributed by atoms with Gasteiger partial charge < -0.3 is 10.5 Å². The van der Waals surface area contributed by atoms with Crippen molar-refractivity contribution in [2.24, 2.45) is 28.9 Å². The van der Waals surface area contributed by atoms with E-state index in [9.17, 15) is 8.42 Å². The zero-order chi connectivity index (χ0) is 15.1. The predicted molar refractivity (Wildman–Crippen MR) is 83.7 cm³/mol. The molecule has 0 aromatic heterocycles. The molecule has 0 aromatic carbocycles. The second-order valence-corrected chi connectivity index (χ2v) is 10.1. The molecule has 2 N–H and O–H groups in total. The van der Waals surface area contributed by atoms with E-state index in [1.54, 1.807) is 7.11 Å². The lowest BCUT2D eigenvalue weighted by Gasteiger charge is -2.58. The van der Waals surface area contributed by atoms with Crippen LogP contribution in [0.2, 0.25) is 0 Å². The number of hydrogen-bond donors (Lipinski definition) is 1. The Kier molecular flexibility index (Phi) is 4.37. The number of methoxy groups -OCH3 is 1. The van der Waals surface area contributed by atoms with E-state index in [4.69, 9.17) is 10.5 Å². The summed E-state index contributed by atoms with van der Waals surface area (Å²) in [5.41, 5.74) is 6.58. The lowest BCUT2D eigenvalue weighted by atomic mass is 9.48. The van der Waals surface area contributed by atoms with E-state index in [-0.39, 0.29) is 23.0 Å². The standard InChI is InChI=1S/C16H29NO3S/c1-20-3-2-4-21(18,19)11-15(17)16-8-12-5-13(9-16)7-14(6-12)10-16/h12-15H,2-11,17H2,1H3. The Bertz CT molecular complexity index is 439. The third-order valence-electron chi connectivity index (χ3n) is 6.11. The van der Waals surface area contributed by atoms with Crippen molar-refractivity contribution in [3.05, 3.63) is 0 Å². The number of rotatable bonds is 7. The monoisotopic (exact) mass is 315 g/mol. The molecule has 4 aliphatic carbocycles. The maximum absolute atomic E-state index is 12.3. The number of ether oxygens (including phenoxy) is 1. The third-order valence-corrected chi connectivity index (χ3v) is 7.89. The highest BCUT2D eigenvalue weighted by atomic mass is 32.2. The van der Waals surface area contributed by atoms with Crippen molar-refractivity contribution in [1.82, 2.24) is 0 Å². The van der Waals surface area contributed by atoms with Gasteiger partial charge in [0.15, 0.2) is 9.84 Å². The molecule has 4 rings (SSSR count). The van der Waals surface area contributed by atoms with Crippen molar-refractivity contribution in [1.29, 1.82) is 0 Å². The molecule has 5 heteroatoms. The van der Waals surface area contributed by atoms with E-state index in [0.29, 0.717) is 13.0 Å². The summed E-state index contributed by atoms with van der Waals surface area (Å²) in [6.07, 6.45) is 8.20. The van der Waals surface area contributed by atoms with Crippen molar-refractivity contribution in [3.63, 3.8) is 0 Å². The topological polar surface area (TPSA) is 69.4 Å². The highest BCUT2D eigenvalue weighted by molar-refractivity contribution is 7.91. The van der Waals surface area contributed by atoms with Gasteiger partial charge in [0, 0.05) is 19.8 Å². The molecular formula is C16H29NO3S. The van der Waals surface area contributed by atoms with Crippen molar-refractivity contribution < 1.29 is 13.2 Å². The molecule has 0 heterocycles. The van der Waals surface area contributed by atoms with Gasteiger partial charge in [-0.2, -0.15) is 0 Å². The smallest absolute Gasteiger partial charge is 0.151 e. The van der Waals surface area contributed by atoms with Crippen LogP contribution in [0.5, 0.6) is 0 Å². The van der Waals surface area contributed by atoms with Crippen LogP contribution >= 0.6 is 0 Å². The lowest BCUT2D eigenvalue weighted by Crippen LogP contribution is -2.56. The van der Waals surface area contributed by atoms with Crippen LogP contribution in [0.15, 0.2) is 0 Å². The summed E-state index contributed by atoms with van der Waals surface area (Å²) in [5, 5.41) is 0. The van der Waals surface area contributed by atoms with Crippen LogP contribution in [-0.4, -0.2) is 39.7 Å². The molecule has 0 aromatic rings. The largest absolute Gasteiger partial charge is 0.385 e. The third kappa shape index (κ3) is 3.30. The molecule has 0 aliphatic heterocycles. The second-order valence-electron chi connectivity index (χ2n) is 7.85. The molecule has 0 amide bonds. The average Bonchev–Trinajstić information content (AvgIpc) is 2.36. The molecule has 1 unspecified atom stereocenters. The first-order valence-corrected chi connectivity index (χ1v) is 10.2. The maximum atomic E-state index is 12.3. The first kappa shape index (κ1) is 15.8. The van der Waals surface area contributed by atoms with Crippen LogP contribution in [0, 0.1) is 23.2 Å². The minimum Gasteiger partial charge on any atom is -0.385 e. The van der Waals surface area contributed by atoms with Gasteiger partial charge in [0.1, 0.15) is 0 Å². The second kappa shape index (κ2) is 5.82. The first-order chi connectivity index (χ1) is 9.92. The molecule has 0 saturated heterocycles. The minimum absolute atomic E-state index is 0.128. The SMILES string of the molecule is COCCCS(=O)(=O)CC(N)C12CC3CC(CC(C3)C1)C2. The van der Waals surface area contributed by atoms with E-state index in [0.717, 1.165) is 17.8 Å². The summed E-state index contributed by atoms with van der Waals surface area (Å²) in [6.45, 7) is 0.506. The van der Waals surface area contributed by atoms with Crippen LogP contribution in [0.25, 0.3) is 0 Å². The van der Waals surface area contributed by atoms with Crippen molar-refractivity contribution in [2.45, 2.75) is 51.0 Å². The van der Waals surface area contributed by atoms with Crippen LogP contribution < -0.4 is 5.73 Å². The Morgan fingerprint density at radius 2 is 1.67 bits per heavy atom. The van der Waals surface area contributed by atoms with Gasteiger partial charge >= 0.3 is 0 Å². The Morgan fingerprint density at radius 3 is 2.14 bits per heavy atom. The highest BCUT2D eigenvalue weighted by Crippen LogP contribution is 2.61. The summed E-state index contributed by atoms with van der Waals surface area (Å²) in [5.74, 6) is 2.83. The van der Waals surface area contributed by atoms with Crippen LogP contribution in [0.1, 0.15) is 44.9 Å². The van der Waals surface area contributed by atoms with Gasteiger partial charge in [0.05, 0.1) is 11.5 Å². The zero-order valence-corrected chi connectivity index (χ0v) is 13.9. The van der Waals surface area contributed by atoms with E-state index < -0.39 is 9.84 Å². The zero-order valence-electron chi connectivity index (χ0n) is 13.1. The number of sulfone groups is 1. The fraction of sp³-hybridized carbons (Fsp3) is 1.00. The normalized spacial score (nSPS) is 39.6. The Hall–Kier alpha value is -0.130. The maximum Gasteiger partial charge on any atom is 0.151 e. The van der Waals surface area contributed by atoms with Gasteiger partial charge in [-0.3, -0.25) is 0 Å². The molecule has 4 nitrogen and oxygen atoms in total. The number of hydrogen-bond acceptors (Lipinski definition) is 4. The predicted octanol–water partition coefficient (Wildman–Crippen LogP) is 1.98. The summed E-state index contributed by atoms with van der Waals surface area (Å²) in [6, 6.07) is -0.168. The Labute approximate surface area is 128 Å². The molecule has 4 saturated carbocycles. The molecule has 4 fully saturated rings.